The van der Waals surface area contributed by atoms with E-state index in [2.05, 4.69) is 0 Å². The van der Waals surface area contributed by atoms with Crippen LogP contribution in [0.4, 0.5) is 14.5 Å². The van der Waals surface area contributed by atoms with E-state index in [9.17, 15) is 18.7 Å². The van der Waals surface area contributed by atoms with Gasteiger partial charge in [0.1, 0.15) is 0 Å². The quantitative estimate of drug-likeness (QED) is 0.706. The third-order valence-electron chi connectivity index (χ3n) is 6.12. The molecule has 2 aromatic carbocycles. The zero-order valence-corrected chi connectivity index (χ0v) is 18.5. The fourth-order valence-electron chi connectivity index (χ4n) is 3.52. The predicted molar refractivity (Wildman–Crippen MR) is 117 cm³/mol. The van der Waals surface area contributed by atoms with Crippen LogP contribution in [0.2, 0.25) is 0 Å². The lowest BCUT2D eigenvalue weighted by Crippen LogP contribution is -2.41. The number of carbonyl (C=O) groups excluding carboxylic acids is 1. The maximum atomic E-state index is 13.2. The second-order valence-electron chi connectivity index (χ2n) is 8.68. The van der Waals surface area contributed by atoms with Crippen LogP contribution in [0, 0.1) is 6.92 Å². The number of benzene rings is 2. The summed E-state index contributed by atoms with van der Waals surface area (Å²) in [4.78, 5) is 14.6. The first-order chi connectivity index (χ1) is 14.5. The highest BCUT2D eigenvalue weighted by Gasteiger charge is 2.52. The monoisotopic (exact) mass is 431 g/mol. The van der Waals surface area contributed by atoms with Crippen LogP contribution in [0.15, 0.2) is 42.5 Å². The van der Waals surface area contributed by atoms with Crippen LogP contribution in [0.5, 0.6) is 0 Å². The number of amides is 1. The summed E-state index contributed by atoms with van der Waals surface area (Å²) >= 11 is 0. The maximum absolute atomic E-state index is 13.2. The van der Waals surface area contributed by atoms with Crippen molar-refractivity contribution in [2.24, 2.45) is 0 Å². The molecule has 0 atom stereocenters. The summed E-state index contributed by atoms with van der Waals surface area (Å²) in [5.41, 5.74) is 1.28. The van der Waals surface area contributed by atoms with E-state index in [-0.39, 0.29) is 30.2 Å². The molecule has 1 fully saturated rings. The van der Waals surface area contributed by atoms with Crippen molar-refractivity contribution in [2.45, 2.75) is 52.2 Å². The van der Waals surface area contributed by atoms with Crippen LogP contribution < -0.4 is 10.4 Å². The Kier molecular flexibility index (Phi) is 6.55. The number of halogens is 2. The minimum Gasteiger partial charge on any atom is -0.399 e. The van der Waals surface area contributed by atoms with Gasteiger partial charge >= 0.3 is 7.12 Å². The normalized spacial score (nSPS) is 17.3. The maximum Gasteiger partial charge on any atom is 0.495 e. The molecule has 0 spiro atoms. The van der Waals surface area contributed by atoms with Crippen molar-refractivity contribution in [3.63, 3.8) is 0 Å². The van der Waals surface area contributed by atoms with Crippen molar-refractivity contribution in [3.8, 4) is 0 Å². The fraction of sp³-hybridized carbons (Fsp3) is 0.435. The molecule has 3 rings (SSSR count). The first kappa shape index (κ1) is 23.4. The number of anilines is 1. The molecule has 1 saturated heterocycles. The van der Waals surface area contributed by atoms with E-state index in [1.54, 1.807) is 12.1 Å². The molecule has 0 aromatic heterocycles. The molecule has 166 valence electrons. The Labute approximate surface area is 182 Å². The van der Waals surface area contributed by atoms with E-state index in [0.29, 0.717) is 5.69 Å². The molecule has 31 heavy (non-hydrogen) atoms. The summed E-state index contributed by atoms with van der Waals surface area (Å²) in [7, 11) is -0.596. The summed E-state index contributed by atoms with van der Waals surface area (Å²) in [6.45, 7) is 9.55. The average molecular weight is 431 g/mol. The molecule has 1 aliphatic heterocycles. The number of alkyl halides is 2. The molecular formula is C23H28BF2NO4. The average Bonchev–Trinajstić information content (AvgIpc) is 2.93. The summed E-state index contributed by atoms with van der Waals surface area (Å²) in [5.74, 6) is -0.385. The van der Waals surface area contributed by atoms with E-state index in [0.717, 1.165) is 11.0 Å². The Hall–Kier alpha value is -2.29. The lowest BCUT2D eigenvalue weighted by Gasteiger charge is -2.32. The van der Waals surface area contributed by atoms with Crippen molar-refractivity contribution in [2.75, 3.05) is 18.1 Å². The SMILES string of the molecule is Cc1c(B2OC(C)(C)C(C)(C)O2)cccc1N(CCO)C(=O)c1ccc(C(F)F)cc1. The van der Waals surface area contributed by atoms with Crippen molar-refractivity contribution in [1.82, 2.24) is 0 Å². The van der Waals surface area contributed by atoms with Crippen LogP contribution in [0.25, 0.3) is 0 Å². The molecule has 0 unspecified atom stereocenters. The minimum absolute atomic E-state index is 0.0586. The Morgan fingerprint density at radius 1 is 1.06 bits per heavy atom. The van der Waals surface area contributed by atoms with Crippen LogP contribution in [0.3, 0.4) is 0 Å². The van der Waals surface area contributed by atoms with Gasteiger partial charge in [0.05, 0.1) is 17.8 Å². The second kappa shape index (κ2) is 8.69. The highest BCUT2D eigenvalue weighted by atomic mass is 19.3. The van der Waals surface area contributed by atoms with E-state index < -0.39 is 24.7 Å². The number of aliphatic hydroxyl groups excluding tert-OH is 1. The molecule has 5 nitrogen and oxygen atoms in total. The van der Waals surface area contributed by atoms with Gasteiger partial charge in [0.15, 0.2) is 0 Å². The van der Waals surface area contributed by atoms with Gasteiger partial charge in [-0.15, -0.1) is 0 Å². The Balaban J connectivity index is 1.95. The van der Waals surface area contributed by atoms with Gasteiger partial charge in [0, 0.05) is 23.4 Å². The van der Waals surface area contributed by atoms with Crippen molar-refractivity contribution in [1.29, 1.82) is 0 Å². The number of carbonyl (C=O) groups is 1. The third-order valence-corrected chi connectivity index (χ3v) is 6.12. The van der Waals surface area contributed by atoms with Crippen LogP contribution in [-0.4, -0.2) is 42.5 Å². The lowest BCUT2D eigenvalue weighted by molar-refractivity contribution is 0.00578. The Bertz CT molecular complexity index is 931. The first-order valence-corrected chi connectivity index (χ1v) is 10.2. The van der Waals surface area contributed by atoms with Gasteiger partial charge in [0.2, 0.25) is 0 Å². The minimum atomic E-state index is -2.60. The fourth-order valence-corrected chi connectivity index (χ4v) is 3.52. The molecule has 1 N–H and O–H groups in total. The molecule has 0 aliphatic carbocycles. The number of aliphatic hydroxyl groups is 1. The zero-order chi connectivity index (χ0) is 23.0. The van der Waals surface area contributed by atoms with E-state index in [1.807, 2.05) is 40.7 Å². The van der Waals surface area contributed by atoms with E-state index in [1.165, 1.54) is 29.2 Å². The number of hydrogen-bond acceptors (Lipinski definition) is 4. The zero-order valence-electron chi connectivity index (χ0n) is 18.5. The summed E-state index contributed by atoms with van der Waals surface area (Å²) < 4.78 is 38.0. The number of nitrogens with zero attached hydrogens (tertiary/aromatic N) is 1. The summed E-state index contributed by atoms with van der Waals surface area (Å²) in [6.07, 6.45) is -2.60. The Morgan fingerprint density at radius 3 is 2.16 bits per heavy atom. The van der Waals surface area contributed by atoms with Crippen molar-refractivity contribution >= 4 is 24.2 Å². The van der Waals surface area contributed by atoms with Gasteiger partial charge < -0.3 is 19.3 Å². The largest absolute Gasteiger partial charge is 0.495 e. The molecule has 1 heterocycles. The highest BCUT2D eigenvalue weighted by molar-refractivity contribution is 6.62. The molecule has 8 heteroatoms. The summed E-state index contributed by atoms with van der Waals surface area (Å²) in [6, 6.07) is 10.7. The van der Waals surface area contributed by atoms with Crippen molar-refractivity contribution < 1.29 is 28.0 Å². The molecule has 1 amide bonds. The Morgan fingerprint density at radius 2 is 1.65 bits per heavy atom. The van der Waals surface area contributed by atoms with Crippen LogP contribution >= 0.6 is 0 Å². The topological polar surface area (TPSA) is 59.0 Å². The van der Waals surface area contributed by atoms with Gasteiger partial charge in [-0.3, -0.25) is 4.79 Å². The lowest BCUT2D eigenvalue weighted by atomic mass is 9.75. The van der Waals surface area contributed by atoms with Crippen LogP contribution in [0.1, 0.15) is 55.6 Å². The van der Waals surface area contributed by atoms with Crippen LogP contribution in [-0.2, 0) is 9.31 Å². The van der Waals surface area contributed by atoms with Gasteiger partial charge in [-0.25, -0.2) is 8.78 Å². The smallest absolute Gasteiger partial charge is 0.399 e. The van der Waals surface area contributed by atoms with Crippen molar-refractivity contribution in [3.05, 3.63) is 59.2 Å². The predicted octanol–water partition coefficient (Wildman–Crippen LogP) is 3.87. The first-order valence-electron chi connectivity index (χ1n) is 10.2. The third kappa shape index (κ3) is 4.51. The summed E-state index contributed by atoms with van der Waals surface area (Å²) in [5, 5.41) is 9.58. The van der Waals surface area contributed by atoms with Gasteiger partial charge in [0.25, 0.3) is 12.3 Å². The molecule has 0 bridgehead atoms. The molecule has 2 aromatic rings. The molecule has 0 saturated carbocycles. The van der Waals surface area contributed by atoms with Gasteiger partial charge in [-0.2, -0.15) is 0 Å². The molecular weight excluding hydrogens is 403 g/mol. The van der Waals surface area contributed by atoms with Gasteiger partial charge in [-0.1, -0.05) is 24.3 Å². The van der Waals surface area contributed by atoms with Gasteiger partial charge in [-0.05, 0) is 63.8 Å². The highest BCUT2D eigenvalue weighted by Crippen LogP contribution is 2.37. The second-order valence-corrected chi connectivity index (χ2v) is 8.68. The number of rotatable bonds is 6. The number of hydrogen-bond donors (Lipinski definition) is 1. The van der Waals surface area contributed by atoms with E-state index >= 15 is 0 Å². The molecule has 0 radical (unpaired) electrons. The molecule has 1 aliphatic rings. The van der Waals surface area contributed by atoms with E-state index in [4.69, 9.17) is 9.31 Å². The standard InChI is InChI=1S/C23H28BF2NO4/c1-15-18(24-30-22(2,3)23(4,5)31-24)7-6-8-19(15)27(13-14-28)21(29)17-11-9-16(10-12-17)20(25)26/h6-12,20,28H,13-14H2,1-5H3.